The van der Waals surface area contributed by atoms with Crippen molar-refractivity contribution in [1.82, 2.24) is 0 Å². The molecule has 0 spiro atoms. The quantitative estimate of drug-likeness (QED) is 0.0513. The molecule has 0 heterocycles. The first-order chi connectivity index (χ1) is 28.1. The largest absolute Gasteiger partial charge is 0.481 e. The number of allylic oxidation sites excluding steroid dienone is 18. The summed E-state index contributed by atoms with van der Waals surface area (Å²) >= 11 is 0. The molecule has 2 atom stereocenters. The third-order valence-corrected chi connectivity index (χ3v) is 11.2. The van der Waals surface area contributed by atoms with Gasteiger partial charge in [-0.25, -0.2) is 0 Å². The lowest BCUT2D eigenvalue weighted by atomic mass is 9.67. The lowest BCUT2D eigenvalue weighted by Gasteiger charge is -2.35. The minimum Gasteiger partial charge on any atom is -0.481 e. The first kappa shape index (κ1) is 51.8. The van der Waals surface area contributed by atoms with Crippen molar-refractivity contribution in [3.05, 3.63) is 109 Å². The normalized spacial score (nSPS) is 20.7. The number of carboxylic acid groups (broad SMARTS) is 1. The van der Waals surface area contributed by atoms with Crippen LogP contribution in [0, 0.1) is 11.3 Å². The molecule has 0 aromatic heterocycles. The van der Waals surface area contributed by atoms with Gasteiger partial charge in [-0.15, -0.1) is 0 Å². The fourth-order valence-electron chi connectivity index (χ4n) is 7.75. The molecule has 320 valence electrons. The number of rotatable bonds is 27. The molecule has 0 amide bonds. The maximum absolute atomic E-state index is 14.7. The van der Waals surface area contributed by atoms with Gasteiger partial charge in [-0.2, -0.15) is 0 Å². The molecule has 0 aliphatic heterocycles. The van der Waals surface area contributed by atoms with E-state index in [1.54, 1.807) is 0 Å². The minimum absolute atomic E-state index is 0.0302. The number of unbranched alkanes of at least 4 members (excludes halogenated alkanes) is 8. The Morgan fingerprint density at radius 3 is 1.53 bits per heavy atom. The van der Waals surface area contributed by atoms with E-state index >= 15 is 0 Å². The van der Waals surface area contributed by atoms with E-state index in [0.717, 1.165) is 161 Å². The Labute approximate surface area is 352 Å². The fourth-order valence-corrected chi connectivity index (χ4v) is 7.75. The van der Waals surface area contributed by atoms with Crippen molar-refractivity contribution < 1.29 is 14.7 Å². The van der Waals surface area contributed by atoms with Crippen LogP contribution in [0.1, 0.15) is 206 Å². The second-order valence-electron chi connectivity index (χ2n) is 16.2. The zero-order valence-electron chi connectivity index (χ0n) is 36.9. The maximum atomic E-state index is 14.7. The molecule has 1 rings (SSSR count). The Hall–Kier alpha value is -3.20. The van der Waals surface area contributed by atoms with E-state index in [1.165, 1.54) is 25.7 Å². The number of hydrogen-bond acceptors (Lipinski definition) is 2. The van der Waals surface area contributed by atoms with E-state index in [9.17, 15) is 14.7 Å². The van der Waals surface area contributed by atoms with Crippen LogP contribution >= 0.6 is 0 Å². The summed E-state index contributed by atoms with van der Waals surface area (Å²) in [6.07, 6.45) is 70.9. The molecule has 0 radical (unpaired) electrons. The van der Waals surface area contributed by atoms with Crippen LogP contribution in [-0.4, -0.2) is 16.9 Å². The first-order valence-corrected chi connectivity index (χ1v) is 23.7. The average Bonchev–Trinajstić information content (AvgIpc) is 3.21. The molecular weight excluding hydrogens is 697 g/mol. The molecule has 0 aromatic carbocycles. The topological polar surface area (TPSA) is 54.4 Å². The summed E-state index contributed by atoms with van der Waals surface area (Å²) in [5.74, 6) is -1.78. The Bertz CT molecular complexity index is 1240. The third-order valence-electron chi connectivity index (χ3n) is 11.2. The van der Waals surface area contributed by atoms with Gasteiger partial charge in [0.1, 0.15) is 5.92 Å². The lowest BCUT2D eigenvalue weighted by molar-refractivity contribution is -0.151. The molecular formula is C54H86O3. The van der Waals surface area contributed by atoms with Crippen molar-refractivity contribution in [2.75, 3.05) is 0 Å². The maximum Gasteiger partial charge on any atom is 0.314 e. The molecule has 1 aliphatic carbocycles. The van der Waals surface area contributed by atoms with Gasteiger partial charge in [0.25, 0.3) is 0 Å². The highest BCUT2D eigenvalue weighted by Gasteiger charge is 2.42. The van der Waals surface area contributed by atoms with E-state index in [1.807, 2.05) is 0 Å². The number of carbonyl (C=O) groups is 2. The molecule has 0 saturated carbocycles. The van der Waals surface area contributed by atoms with Crippen LogP contribution < -0.4 is 0 Å². The number of ketones is 1. The van der Waals surface area contributed by atoms with Gasteiger partial charge in [0.2, 0.25) is 0 Å². The monoisotopic (exact) mass is 783 g/mol. The highest BCUT2D eigenvalue weighted by molar-refractivity contribution is 6.01. The van der Waals surface area contributed by atoms with E-state index < -0.39 is 17.3 Å². The highest BCUT2D eigenvalue weighted by atomic mass is 16.4. The molecule has 0 bridgehead atoms. The Balaban J connectivity index is 2.88. The Morgan fingerprint density at radius 1 is 0.509 bits per heavy atom. The molecule has 0 fully saturated rings. The van der Waals surface area contributed by atoms with Crippen LogP contribution in [0.3, 0.4) is 0 Å². The van der Waals surface area contributed by atoms with Gasteiger partial charge in [-0.05, 0) is 122 Å². The smallest absolute Gasteiger partial charge is 0.314 e. The molecule has 0 saturated heterocycles. The molecule has 1 N–H and O–H groups in total. The van der Waals surface area contributed by atoms with Gasteiger partial charge in [0.15, 0.2) is 5.78 Å². The lowest BCUT2D eigenvalue weighted by Crippen LogP contribution is -2.39. The molecule has 1 aliphatic rings. The second-order valence-corrected chi connectivity index (χ2v) is 16.2. The SMILES string of the molecule is CC/C=C\C/C=C\C/C=C\CCCCCCC(C(=O)O)C(=O)C1(CCCCCC/C=C\C/C=C\C/C=C\CC)CC/C=C\C/C=C\C/C=C\CCCCCCCC1. The second kappa shape index (κ2) is 39.6. The van der Waals surface area contributed by atoms with E-state index in [-0.39, 0.29) is 5.78 Å². The van der Waals surface area contributed by atoms with E-state index in [2.05, 4.69) is 123 Å². The summed E-state index contributed by atoms with van der Waals surface area (Å²) in [6.45, 7) is 4.32. The van der Waals surface area contributed by atoms with Crippen molar-refractivity contribution >= 4 is 11.8 Å². The molecule has 2 unspecified atom stereocenters. The third kappa shape index (κ3) is 30.5. The summed E-state index contributed by atoms with van der Waals surface area (Å²) < 4.78 is 0. The Kier molecular flexibility index (Phi) is 36.0. The minimum atomic E-state index is -0.913. The van der Waals surface area contributed by atoms with Gasteiger partial charge in [-0.1, -0.05) is 194 Å². The standard InChI is InChI=1S/C54H86O3/c1-3-5-7-9-11-13-15-17-23-27-31-35-39-43-47-51(53(56)57)52(55)54(48-44-40-36-32-28-24-18-16-14-12-10-8-6-4-2)49-45-41-37-33-29-25-21-19-20-22-26-30-34-38-42-46-50-54/h5-8,11-14,17-20,23-25,29,37,41,51H,3-4,9-10,15-16,21-22,26-28,30-36,38-40,42-50H2,1-2H3,(H,56,57)/b7-5-,8-6-,13-11-,14-12-,20-19-,23-17-,24-18-,29-25-,41-37-. The summed E-state index contributed by atoms with van der Waals surface area (Å²) in [6, 6.07) is 0. The molecule has 3 heteroatoms. The number of aliphatic carboxylic acids is 1. The van der Waals surface area contributed by atoms with Crippen molar-refractivity contribution in [3.8, 4) is 0 Å². The number of carbonyl (C=O) groups excluding carboxylic acids is 1. The predicted molar refractivity (Wildman–Crippen MR) is 251 cm³/mol. The first-order valence-electron chi connectivity index (χ1n) is 23.7. The van der Waals surface area contributed by atoms with Crippen molar-refractivity contribution in [3.63, 3.8) is 0 Å². The van der Waals surface area contributed by atoms with Gasteiger partial charge in [-0.3, -0.25) is 9.59 Å². The zero-order valence-corrected chi connectivity index (χ0v) is 36.9. The summed E-state index contributed by atoms with van der Waals surface area (Å²) in [5, 5.41) is 10.5. The van der Waals surface area contributed by atoms with Crippen molar-refractivity contribution in [2.45, 2.75) is 206 Å². The van der Waals surface area contributed by atoms with Gasteiger partial charge >= 0.3 is 5.97 Å². The highest BCUT2D eigenvalue weighted by Crippen LogP contribution is 2.41. The van der Waals surface area contributed by atoms with Crippen LogP contribution in [0.15, 0.2) is 109 Å². The number of carboxylic acids is 1. The van der Waals surface area contributed by atoms with Gasteiger partial charge in [0, 0.05) is 5.41 Å². The van der Waals surface area contributed by atoms with Crippen LogP contribution in [-0.2, 0) is 9.59 Å². The van der Waals surface area contributed by atoms with Crippen LogP contribution in [0.25, 0.3) is 0 Å². The molecule has 0 aromatic rings. The Morgan fingerprint density at radius 2 is 0.965 bits per heavy atom. The van der Waals surface area contributed by atoms with Crippen LogP contribution in [0.5, 0.6) is 0 Å². The average molecular weight is 783 g/mol. The predicted octanol–water partition coefficient (Wildman–Crippen LogP) is 17.0. The zero-order chi connectivity index (χ0) is 41.2. The van der Waals surface area contributed by atoms with E-state index in [4.69, 9.17) is 0 Å². The van der Waals surface area contributed by atoms with Crippen molar-refractivity contribution in [1.29, 1.82) is 0 Å². The van der Waals surface area contributed by atoms with Crippen molar-refractivity contribution in [2.24, 2.45) is 11.3 Å². The summed E-state index contributed by atoms with van der Waals surface area (Å²) in [5.41, 5.74) is -0.555. The van der Waals surface area contributed by atoms with Crippen LogP contribution in [0.4, 0.5) is 0 Å². The fraction of sp³-hybridized carbons (Fsp3) is 0.630. The molecule has 3 nitrogen and oxygen atoms in total. The van der Waals surface area contributed by atoms with Crippen LogP contribution in [0.2, 0.25) is 0 Å². The molecule has 57 heavy (non-hydrogen) atoms. The number of hydrogen-bond donors (Lipinski definition) is 1. The van der Waals surface area contributed by atoms with Gasteiger partial charge in [0.05, 0.1) is 0 Å². The van der Waals surface area contributed by atoms with E-state index in [0.29, 0.717) is 6.42 Å². The number of Topliss-reactive ketones (excluding diaryl/α,β-unsaturated/α-hetero) is 1. The van der Waals surface area contributed by atoms with Gasteiger partial charge < -0.3 is 5.11 Å². The summed E-state index contributed by atoms with van der Waals surface area (Å²) in [4.78, 5) is 27.5. The summed E-state index contributed by atoms with van der Waals surface area (Å²) in [7, 11) is 0.